The zero-order valence-electron chi connectivity index (χ0n) is 11.0. The number of urea groups is 1. The van der Waals surface area contributed by atoms with Crippen molar-refractivity contribution in [2.75, 3.05) is 19.6 Å². The number of piperidine rings is 1. The smallest absolute Gasteiger partial charge is 0.317 e. The van der Waals surface area contributed by atoms with Crippen LogP contribution < -0.4 is 11.1 Å². The molecule has 2 amide bonds. The van der Waals surface area contributed by atoms with Crippen LogP contribution >= 0.6 is 12.4 Å². The first-order valence-corrected chi connectivity index (χ1v) is 6.58. The van der Waals surface area contributed by atoms with Crippen molar-refractivity contribution >= 4 is 18.4 Å². The molecule has 1 saturated heterocycles. The van der Waals surface area contributed by atoms with Gasteiger partial charge in [-0.05, 0) is 24.8 Å². The molecule has 0 spiro atoms. The lowest BCUT2D eigenvalue weighted by Crippen LogP contribution is -2.47. The summed E-state index contributed by atoms with van der Waals surface area (Å²) in [7, 11) is 0. The van der Waals surface area contributed by atoms with Crippen LogP contribution in [0.25, 0.3) is 0 Å². The van der Waals surface area contributed by atoms with Crippen LogP contribution in [0.4, 0.5) is 4.79 Å². The molecule has 0 bridgehead atoms. The minimum Gasteiger partial charge on any atom is -0.338 e. The maximum absolute atomic E-state index is 11.9. The summed E-state index contributed by atoms with van der Waals surface area (Å²) in [6.45, 7) is 2.24. The molecule has 4 nitrogen and oxygen atoms in total. The fraction of sp³-hybridized carbons (Fsp3) is 0.500. The topological polar surface area (TPSA) is 58.4 Å². The predicted octanol–water partition coefficient (Wildman–Crippen LogP) is 1.78. The lowest BCUT2D eigenvalue weighted by molar-refractivity contribution is 0.182. The highest BCUT2D eigenvalue weighted by atomic mass is 35.5. The number of carbonyl (C=O) groups is 1. The van der Waals surface area contributed by atoms with Gasteiger partial charge in [0, 0.05) is 25.7 Å². The Hall–Kier alpha value is -1.26. The summed E-state index contributed by atoms with van der Waals surface area (Å²) in [6, 6.07) is 10.5. The minimum atomic E-state index is 0. The minimum absolute atomic E-state index is 0. The molecule has 0 aliphatic carbocycles. The van der Waals surface area contributed by atoms with Crippen LogP contribution in [0.2, 0.25) is 0 Å². The molecule has 106 valence electrons. The van der Waals surface area contributed by atoms with E-state index in [0.29, 0.717) is 6.54 Å². The van der Waals surface area contributed by atoms with Gasteiger partial charge in [0.05, 0.1) is 0 Å². The summed E-state index contributed by atoms with van der Waals surface area (Å²) in [4.78, 5) is 13.7. The van der Waals surface area contributed by atoms with Crippen molar-refractivity contribution in [2.45, 2.75) is 25.3 Å². The SMILES string of the molecule is Cl.NC1CCN(C(=O)NCCc2ccccc2)CC1. The van der Waals surface area contributed by atoms with E-state index in [1.807, 2.05) is 23.1 Å². The monoisotopic (exact) mass is 283 g/mol. The first kappa shape index (κ1) is 15.8. The van der Waals surface area contributed by atoms with E-state index in [9.17, 15) is 4.79 Å². The third-order valence-electron chi connectivity index (χ3n) is 3.36. The Kier molecular flexibility index (Phi) is 6.67. The fourth-order valence-electron chi connectivity index (χ4n) is 2.17. The first-order valence-electron chi connectivity index (χ1n) is 6.58. The van der Waals surface area contributed by atoms with Gasteiger partial charge in [0.1, 0.15) is 0 Å². The molecule has 0 radical (unpaired) electrons. The zero-order chi connectivity index (χ0) is 12.8. The molecule has 1 fully saturated rings. The highest BCUT2D eigenvalue weighted by Crippen LogP contribution is 2.08. The third kappa shape index (κ3) is 5.09. The van der Waals surface area contributed by atoms with E-state index in [4.69, 9.17) is 5.73 Å². The van der Waals surface area contributed by atoms with Gasteiger partial charge in [-0.3, -0.25) is 0 Å². The molecular weight excluding hydrogens is 262 g/mol. The van der Waals surface area contributed by atoms with Crippen molar-refractivity contribution in [3.63, 3.8) is 0 Å². The summed E-state index contributed by atoms with van der Waals surface area (Å²) in [6.07, 6.45) is 2.69. The van der Waals surface area contributed by atoms with Crippen molar-refractivity contribution in [1.29, 1.82) is 0 Å². The van der Waals surface area contributed by atoms with E-state index >= 15 is 0 Å². The maximum atomic E-state index is 11.9. The number of halogens is 1. The lowest BCUT2D eigenvalue weighted by atomic mass is 10.1. The Morgan fingerprint density at radius 3 is 2.53 bits per heavy atom. The molecule has 1 aliphatic heterocycles. The Labute approximate surface area is 120 Å². The van der Waals surface area contributed by atoms with Gasteiger partial charge in [0.15, 0.2) is 0 Å². The van der Waals surface area contributed by atoms with Crippen LogP contribution in [0.3, 0.4) is 0 Å². The second-order valence-electron chi connectivity index (χ2n) is 4.79. The van der Waals surface area contributed by atoms with Crippen molar-refractivity contribution in [2.24, 2.45) is 5.73 Å². The predicted molar refractivity (Wildman–Crippen MR) is 79.6 cm³/mol. The number of nitrogens with zero attached hydrogens (tertiary/aromatic N) is 1. The molecule has 5 heteroatoms. The number of benzene rings is 1. The molecule has 0 atom stereocenters. The van der Waals surface area contributed by atoms with Gasteiger partial charge in [-0.2, -0.15) is 0 Å². The number of nitrogens with two attached hydrogens (primary N) is 1. The quantitative estimate of drug-likeness (QED) is 0.888. The number of carbonyl (C=O) groups excluding carboxylic acids is 1. The molecule has 1 heterocycles. The molecular formula is C14H22ClN3O. The van der Waals surface area contributed by atoms with E-state index in [0.717, 1.165) is 32.4 Å². The van der Waals surface area contributed by atoms with Crippen LogP contribution in [0.5, 0.6) is 0 Å². The standard InChI is InChI=1S/C14H21N3O.ClH/c15-13-7-10-17(11-8-13)14(18)16-9-6-12-4-2-1-3-5-12;/h1-5,13H,6-11,15H2,(H,16,18);1H. The third-order valence-corrected chi connectivity index (χ3v) is 3.36. The Morgan fingerprint density at radius 1 is 1.26 bits per heavy atom. The van der Waals surface area contributed by atoms with Crippen molar-refractivity contribution in [1.82, 2.24) is 10.2 Å². The van der Waals surface area contributed by atoms with Gasteiger partial charge in [0.25, 0.3) is 0 Å². The van der Waals surface area contributed by atoms with Gasteiger partial charge in [0.2, 0.25) is 0 Å². The van der Waals surface area contributed by atoms with Gasteiger partial charge in [-0.25, -0.2) is 4.79 Å². The van der Waals surface area contributed by atoms with Crippen LogP contribution in [0, 0.1) is 0 Å². The highest BCUT2D eigenvalue weighted by molar-refractivity contribution is 5.85. The largest absolute Gasteiger partial charge is 0.338 e. The number of rotatable bonds is 3. The summed E-state index contributed by atoms with van der Waals surface area (Å²) >= 11 is 0. The summed E-state index contributed by atoms with van der Waals surface area (Å²) in [5, 5.41) is 2.96. The average molecular weight is 284 g/mol. The molecule has 2 rings (SSSR count). The number of hydrogen-bond donors (Lipinski definition) is 2. The molecule has 0 saturated carbocycles. The van der Waals surface area contributed by atoms with Gasteiger partial charge in [-0.15, -0.1) is 12.4 Å². The van der Waals surface area contributed by atoms with Crippen LogP contribution in [0.1, 0.15) is 18.4 Å². The molecule has 19 heavy (non-hydrogen) atoms. The number of nitrogens with one attached hydrogen (secondary N) is 1. The molecule has 1 aliphatic rings. The van der Waals surface area contributed by atoms with Gasteiger partial charge < -0.3 is 16.0 Å². The molecule has 0 unspecified atom stereocenters. The van der Waals surface area contributed by atoms with E-state index in [-0.39, 0.29) is 24.5 Å². The Balaban J connectivity index is 0.00000180. The van der Waals surface area contributed by atoms with E-state index in [2.05, 4.69) is 17.4 Å². The van der Waals surface area contributed by atoms with E-state index in [1.165, 1.54) is 5.56 Å². The van der Waals surface area contributed by atoms with Gasteiger partial charge in [-0.1, -0.05) is 30.3 Å². The molecule has 1 aromatic carbocycles. The van der Waals surface area contributed by atoms with Crippen LogP contribution in [0.15, 0.2) is 30.3 Å². The van der Waals surface area contributed by atoms with Crippen molar-refractivity contribution in [3.8, 4) is 0 Å². The molecule has 0 aromatic heterocycles. The van der Waals surface area contributed by atoms with Crippen molar-refractivity contribution < 1.29 is 4.79 Å². The summed E-state index contributed by atoms with van der Waals surface area (Å²) in [5.41, 5.74) is 7.06. The second kappa shape index (κ2) is 8.02. The second-order valence-corrected chi connectivity index (χ2v) is 4.79. The fourth-order valence-corrected chi connectivity index (χ4v) is 2.17. The normalized spacial score (nSPS) is 15.7. The maximum Gasteiger partial charge on any atom is 0.317 e. The number of amides is 2. The lowest BCUT2D eigenvalue weighted by Gasteiger charge is -2.30. The van der Waals surface area contributed by atoms with Gasteiger partial charge >= 0.3 is 6.03 Å². The number of likely N-dealkylation sites (tertiary alicyclic amines) is 1. The highest BCUT2D eigenvalue weighted by Gasteiger charge is 2.19. The molecule has 3 N–H and O–H groups in total. The van der Waals surface area contributed by atoms with Crippen LogP contribution in [-0.4, -0.2) is 36.6 Å². The van der Waals surface area contributed by atoms with E-state index in [1.54, 1.807) is 0 Å². The Bertz CT molecular complexity index is 378. The molecule has 1 aromatic rings. The van der Waals surface area contributed by atoms with E-state index < -0.39 is 0 Å². The van der Waals surface area contributed by atoms with Crippen LogP contribution in [-0.2, 0) is 6.42 Å². The first-order chi connectivity index (χ1) is 8.75. The van der Waals surface area contributed by atoms with Crippen molar-refractivity contribution in [3.05, 3.63) is 35.9 Å². The Morgan fingerprint density at radius 2 is 1.89 bits per heavy atom. The zero-order valence-corrected chi connectivity index (χ0v) is 11.9. The number of hydrogen-bond acceptors (Lipinski definition) is 2. The average Bonchev–Trinajstić information content (AvgIpc) is 2.40. The summed E-state index contributed by atoms with van der Waals surface area (Å²) in [5.74, 6) is 0. The summed E-state index contributed by atoms with van der Waals surface area (Å²) < 4.78 is 0.